The average molecular weight is 311 g/mol. The molecule has 0 saturated carbocycles. The molecule has 1 atom stereocenters. The highest BCUT2D eigenvalue weighted by atomic mass is 16.5. The Labute approximate surface area is 133 Å². The normalized spacial score (nSPS) is 15.4. The number of ether oxygens (including phenoxy) is 1. The van der Waals surface area contributed by atoms with Crippen LogP contribution in [0.5, 0.6) is 5.75 Å². The first-order valence-electron chi connectivity index (χ1n) is 7.29. The van der Waals surface area contributed by atoms with E-state index in [4.69, 9.17) is 10.5 Å². The quantitative estimate of drug-likeness (QED) is 0.803. The number of fused-ring (bicyclic) bond motifs is 1. The Morgan fingerprint density at radius 3 is 2.57 bits per heavy atom. The molecule has 0 spiro atoms. The van der Waals surface area contributed by atoms with E-state index in [1.165, 1.54) is 0 Å². The van der Waals surface area contributed by atoms with E-state index in [1.54, 1.807) is 12.1 Å². The van der Waals surface area contributed by atoms with Gasteiger partial charge in [-0.05, 0) is 29.3 Å². The second-order valence-electron chi connectivity index (χ2n) is 5.32. The van der Waals surface area contributed by atoms with Crippen LogP contribution in [0.15, 0.2) is 48.5 Å². The summed E-state index contributed by atoms with van der Waals surface area (Å²) in [5.74, 6) is 0.634. The molecular formula is C17H17N3O3. The number of anilines is 1. The van der Waals surface area contributed by atoms with Crippen LogP contribution >= 0.6 is 0 Å². The monoisotopic (exact) mass is 311 g/mol. The summed E-state index contributed by atoms with van der Waals surface area (Å²) in [6.45, 7) is 0.395. The summed E-state index contributed by atoms with van der Waals surface area (Å²) in [5, 5.41) is 5.34. The van der Waals surface area contributed by atoms with Gasteiger partial charge in [0.05, 0.1) is 0 Å². The number of amides is 3. The maximum Gasteiger partial charge on any atom is 0.316 e. The summed E-state index contributed by atoms with van der Waals surface area (Å²) in [5.41, 5.74) is 7.63. The predicted octanol–water partition coefficient (Wildman–Crippen LogP) is 1.80. The second-order valence-corrected chi connectivity index (χ2v) is 5.32. The molecule has 0 saturated heterocycles. The summed E-state index contributed by atoms with van der Waals surface area (Å²) in [4.78, 5) is 22.9. The average Bonchev–Trinajstić information content (AvgIpc) is 2.97. The number of rotatable bonds is 4. The van der Waals surface area contributed by atoms with E-state index in [0.29, 0.717) is 18.7 Å². The van der Waals surface area contributed by atoms with Gasteiger partial charge in [0, 0.05) is 18.7 Å². The second kappa shape index (κ2) is 6.39. The van der Waals surface area contributed by atoms with Crippen LogP contribution in [0.3, 0.4) is 0 Å². The first-order valence-corrected chi connectivity index (χ1v) is 7.29. The minimum absolute atomic E-state index is 0.138. The highest BCUT2D eigenvalue weighted by molar-refractivity contribution is 5.87. The lowest BCUT2D eigenvalue weighted by Gasteiger charge is -2.11. The predicted molar refractivity (Wildman–Crippen MR) is 86.1 cm³/mol. The number of nitrogens with two attached hydrogens (primary N) is 1. The van der Waals surface area contributed by atoms with E-state index in [0.717, 1.165) is 16.9 Å². The Morgan fingerprint density at radius 1 is 1.13 bits per heavy atom. The van der Waals surface area contributed by atoms with Crippen molar-refractivity contribution in [2.75, 3.05) is 5.32 Å². The Morgan fingerprint density at radius 2 is 1.87 bits per heavy atom. The van der Waals surface area contributed by atoms with Crippen molar-refractivity contribution >= 4 is 17.6 Å². The van der Waals surface area contributed by atoms with Crippen LogP contribution in [0, 0.1) is 0 Å². The van der Waals surface area contributed by atoms with Gasteiger partial charge in [0.25, 0.3) is 5.91 Å². The molecule has 6 nitrogen and oxygen atoms in total. The smallest absolute Gasteiger partial charge is 0.316 e. The fourth-order valence-electron chi connectivity index (χ4n) is 2.48. The van der Waals surface area contributed by atoms with Gasteiger partial charge in [-0.25, -0.2) is 4.79 Å². The number of primary amides is 1. The number of nitrogens with one attached hydrogen (secondary N) is 2. The Kier molecular flexibility index (Phi) is 4.14. The lowest BCUT2D eigenvalue weighted by molar-refractivity contribution is -0.127. The fraction of sp³-hybridized carbons (Fsp3) is 0.176. The topological polar surface area (TPSA) is 93.5 Å². The van der Waals surface area contributed by atoms with Gasteiger partial charge in [0.15, 0.2) is 6.10 Å². The Balaban J connectivity index is 1.53. The van der Waals surface area contributed by atoms with Crippen molar-refractivity contribution in [3.05, 3.63) is 59.7 Å². The van der Waals surface area contributed by atoms with Crippen molar-refractivity contribution in [1.29, 1.82) is 0 Å². The SMILES string of the molecule is NC(=O)Nc1ccc(CNC(=O)[C@H]2Cc3ccccc3O2)cc1. The Bertz CT molecular complexity index is 703. The van der Waals surface area contributed by atoms with Crippen LogP contribution in [-0.4, -0.2) is 18.0 Å². The maximum absolute atomic E-state index is 12.2. The molecule has 2 aromatic rings. The Hall–Kier alpha value is -3.02. The molecule has 1 aliphatic rings. The molecule has 1 aliphatic heterocycles. The van der Waals surface area contributed by atoms with Gasteiger partial charge in [-0.2, -0.15) is 0 Å². The van der Waals surface area contributed by atoms with Gasteiger partial charge in [-0.15, -0.1) is 0 Å². The molecule has 2 aromatic carbocycles. The molecule has 1 heterocycles. The van der Waals surface area contributed by atoms with E-state index < -0.39 is 12.1 Å². The minimum Gasteiger partial charge on any atom is -0.480 e. The zero-order chi connectivity index (χ0) is 16.2. The van der Waals surface area contributed by atoms with Crippen molar-refractivity contribution < 1.29 is 14.3 Å². The third-order valence-corrected chi connectivity index (χ3v) is 3.63. The molecule has 0 radical (unpaired) electrons. The van der Waals surface area contributed by atoms with E-state index >= 15 is 0 Å². The van der Waals surface area contributed by atoms with E-state index in [9.17, 15) is 9.59 Å². The maximum atomic E-state index is 12.2. The van der Waals surface area contributed by atoms with Gasteiger partial charge >= 0.3 is 6.03 Å². The summed E-state index contributed by atoms with van der Waals surface area (Å²) >= 11 is 0. The molecular weight excluding hydrogens is 294 g/mol. The molecule has 6 heteroatoms. The van der Waals surface area contributed by atoms with E-state index in [2.05, 4.69) is 10.6 Å². The number of para-hydroxylation sites is 1. The molecule has 3 amide bonds. The van der Waals surface area contributed by atoms with Crippen molar-refractivity contribution in [2.45, 2.75) is 19.1 Å². The number of benzene rings is 2. The van der Waals surface area contributed by atoms with Crippen molar-refractivity contribution in [1.82, 2.24) is 5.32 Å². The third kappa shape index (κ3) is 3.60. The standard InChI is InChI=1S/C17H17N3O3/c18-17(22)20-13-7-5-11(6-8-13)10-19-16(21)15-9-12-3-1-2-4-14(12)23-15/h1-8,15H,9-10H2,(H,19,21)(H3,18,20,22)/t15-/m1/s1. The molecule has 0 aliphatic carbocycles. The molecule has 0 aromatic heterocycles. The van der Waals surface area contributed by atoms with Crippen LogP contribution in [0.2, 0.25) is 0 Å². The number of hydrogen-bond acceptors (Lipinski definition) is 3. The zero-order valence-electron chi connectivity index (χ0n) is 12.4. The van der Waals surface area contributed by atoms with E-state index in [-0.39, 0.29) is 5.91 Å². The molecule has 0 unspecified atom stereocenters. The van der Waals surface area contributed by atoms with Crippen molar-refractivity contribution in [2.24, 2.45) is 5.73 Å². The van der Waals surface area contributed by atoms with Crippen molar-refractivity contribution in [3.63, 3.8) is 0 Å². The van der Waals surface area contributed by atoms with Gasteiger partial charge in [-0.1, -0.05) is 30.3 Å². The summed E-state index contributed by atoms with van der Waals surface area (Å²) < 4.78 is 5.65. The van der Waals surface area contributed by atoms with Crippen molar-refractivity contribution in [3.8, 4) is 5.75 Å². The van der Waals surface area contributed by atoms with Crippen LogP contribution in [0.1, 0.15) is 11.1 Å². The summed E-state index contributed by atoms with van der Waals surface area (Å²) in [7, 11) is 0. The van der Waals surface area contributed by atoms with Gasteiger partial charge < -0.3 is 21.1 Å². The van der Waals surface area contributed by atoms with Crippen LogP contribution in [0.4, 0.5) is 10.5 Å². The first-order chi connectivity index (χ1) is 11.1. The number of urea groups is 1. The largest absolute Gasteiger partial charge is 0.480 e. The van der Waals surface area contributed by atoms with E-state index in [1.807, 2.05) is 36.4 Å². The molecule has 23 heavy (non-hydrogen) atoms. The molecule has 0 fully saturated rings. The minimum atomic E-state index is -0.607. The van der Waals surface area contributed by atoms with Gasteiger partial charge in [-0.3, -0.25) is 4.79 Å². The van der Waals surface area contributed by atoms with Crippen LogP contribution in [0.25, 0.3) is 0 Å². The molecule has 4 N–H and O–H groups in total. The third-order valence-electron chi connectivity index (χ3n) is 3.63. The van der Waals surface area contributed by atoms with Gasteiger partial charge in [0.2, 0.25) is 0 Å². The zero-order valence-corrected chi connectivity index (χ0v) is 12.4. The number of hydrogen-bond donors (Lipinski definition) is 3. The number of carbonyl (C=O) groups excluding carboxylic acids is 2. The fourth-order valence-corrected chi connectivity index (χ4v) is 2.48. The lowest BCUT2D eigenvalue weighted by Crippen LogP contribution is -2.37. The number of carbonyl (C=O) groups is 2. The molecule has 3 rings (SSSR count). The molecule has 118 valence electrons. The lowest BCUT2D eigenvalue weighted by atomic mass is 10.1. The summed E-state index contributed by atoms with van der Waals surface area (Å²) in [6, 6.07) is 14.1. The van der Waals surface area contributed by atoms with Crippen LogP contribution < -0.4 is 21.1 Å². The molecule has 0 bridgehead atoms. The van der Waals surface area contributed by atoms with Crippen LogP contribution in [-0.2, 0) is 17.8 Å². The first kappa shape index (κ1) is 14.9. The summed E-state index contributed by atoms with van der Waals surface area (Å²) in [6.07, 6.45) is 0.104. The highest BCUT2D eigenvalue weighted by Gasteiger charge is 2.28. The highest BCUT2D eigenvalue weighted by Crippen LogP contribution is 2.28. The van der Waals surface area contributed by atoms with Gasteiger partial charge in [0.1, 0.15) is 5.75 Å².